The topological polar surface area (TPSA) is 58.4 Å². The van der Waals surface area contributed by atoms with Gasteiger partial charge < -0.3 is 10.6 Å². The van der Waals surface area contributed by atoms with Crippen LogP contribution in [0.3, 0.4) is 0 Å². The fourth-order valence-corrected chi connectivity index (χ4v) is 4.46. The van der Waals surface area contributed by atoms with E-state index in [1.807, 2.05) is 32.2 Å². The third kappa shape index (κ3) is 2.35. The molecule has 3 atom stereocenters. The third-order valence-corrected chi connectivity index (χ3v) is 5.85. The Morgan fingerprint density at radius 3 is 2.83 bits per heavy atom. The Balaban J connectivity index is 1.62. The number of nitrogens with one attached hydrogen (secondary N) is 2. The van der Waals surface area contributed by atoms with E-state index >= 15 is 0 Å². The first-order chi connectivity index (χ1) is 11.0. The van der Waals surface area contributed by atoms with Crippen molar-refractivity contribution in [2.45, 2.75) is 24.4 Å². The molecule has 2 aromatic rings. The van der Waals surface area contributed by atoms with Gasteiger partial charge in [-0.15, -0.1) is 11.8 Å². The first kappa shape index (κ1) is 15.0. The van der Waals surface area contributed by atoms with Crippen molar-refractivity contribution in [1.82, 2.24) is 20.0 Å². The van der Waals surface area contributed by atoms with Crippen LogP contribution in [0.5, 0.6) is 0 Å². The lowest BCUT2D eigenvalue weighted by molar-refractivity contribution is -0.124. The van der Waals surface area contributed by atoms with Gasteiger partial charge in [0.25, 0.3) is 0 Å². The molecular formula is C17H22N4OS. The van der Waals surface area contributed by atoms with E-state index in [1.54, 1.807) is 11.8 Å². The van der Waals surface area contributed by atoms with Crippen LogP contribution in [0.25, 0.3) is 5.52 Å². The molecule has 2 aromatic heterocycles. The van der Waals surface area contributed by atoms with Crippen LogP contribution in [-0.2, 0) is 10.3 Å². The zero-order chi connectivity index (χ0) is 16.2. The third-order valence-electron chi connectivity index (χ3n) is 5.11. The maximum absolute atomic E-state index is 12.6. The lowest BCUT2D eigenvalue weighted by atomic mass is 10.0. The molecule has 0 radical (unpaired) electrons. The molecule has 1 aliphatic heterocycles. The van der Waals surface area contributed by atoms with Crippen molar-refractivity contribution in [2.75, 3.05) is 19.3 Å². The van der Waals surface area contributed by atoms with Crippen LogP contribution in [-0.4, -0.2) is 34.6 Å². The molecule has 6 heteroatoms. The van der Waals surface area contributed by atoms with Crippen LogP contribution >= 0.6 is 11.8 Å². The van der Waals surface area contributed by atoms with Gasteiger partial charge in [0.05, 0.1) is 22.3 Å². The van der Waals surface area contributed by atoms with Gasteiger partial charge in [-0.05, 0) is 57.2 Å². The van der Waals surface area contributed by atoms with Gasteiger partial charge in [0.15, 0.2) is 0 Å². The van der Waals surface area contributed by atoms with Crippen molar-refractivity contribution in [2.24, 2.45) is 17.8 Å². The maximum atomic E-state index is 12.6. The van der Waals surface area contributed by atoms with E-state index in [9.17, 15) is 4.79 Å². The van der Waals surface area contributed by atoms with Crippen LogP contribution < -0.4 is 10.6 Å². The number of carbonyl (C=O) groups is 1. The van der Waals surface area contributed by atoms with Crippen LogP contribution in [0.2, 0.25) is 0 Å². The summed E-state index contributed by atoms with van der Waals surface area (Å²) in [7, 11) is 0. The largest absolute Gasteiger partial charge is 0.344 e. The number of thioether (sulfide) groups is 1. The molecule has 1 saturated carbocycles. The number of carbonyl (C=O) groups excluding carboxylic acids is 1. The Hall–Kier alpha value is -1.53. The molecule has 0 bridgehead atoms. The van der Waals surface area contributed by atoms with Crippen molar-refractivity contribution in [3.63, 3.8) is 0 Å². The van der Waals surface area contributed by atoms with E-state index in [2.05, 4.69) is 32.3 Å². The number of rotatable bonds is 4. The number of imidazole rings is 1. The number of piperidine rings is 1. The van der Waals surface area contributed by atoms with Crippen molar-refractivity contribution in [3.05, 3.63) is 30.2 Å². The predicted octanol–water partition coefficient (Wildman–Crippen LogP) is 1.87. The standard InChI is InChI=1S/C17H22N4OS/c1-17(2,20-15(22)14-11-8-18-9-12(11)14)16-19-7-10-5-4-6-13(23-3)21(10)16/h4-7,11-12,14,18H,8-9H2,1-3H3,(H,20,22)/t11-,12?,14?/m0/s1. The summed E-state index contributed by atoms with van der Waals surface area (Å²) in [6, 6.07) is 6.17. The Kier molecular flexibility index (Phi) is 3.43. The van der Waals surface area contributed by atoms with Crippen molar-refractivity contribution >= 4 is 23.2 Å². The normalized spacial score (nSPS) is 26.3. The molecule has 2 N–H and O–H groups in total. The summed E-state index contributed by atoms with van der Waals surface area (Å²) in [4.78, 5) is 17.2. The fraction of sp³-hybridized carbons (Fsp3) is 0.529. The fourth-order valence-electron chi connectivity index (χ4n) is 3.87. The van der Waals surface area contributed by atoms with Crippen molar-refractivity contribution in [1.29, 1.82) is 0 Å². The monoisotopic (exact) mass is 330 g/mol. The van der Waals surface area contributed by atoms with Gasteiger partial charge in [-0.25, -0.2) is 4.98 Å². The summed E-state index contributed by atoms with van der Waals surface area (Å²) in [5, 5.41) is 7.70. The van der Waals surface area contributed by atoms with Gasteiger partial charge in [0.1, 0.15) is 5.82 Å². The first-order valence-corrected chi connectivity index (χ1v) is 9.29. The highest BCUT2D eigenvalue weighted by molar-refractivity contribution is 7.98. The lowest BCUT2D eigenvalue weighted by Gasteiger charge is -2.26. The number of hydrogen-bond donors (Lipinski definition) is 2. The van der Waals surface area contributed by atoms with Crippen molar-refractivity contribution < 1.29 is 4.79 Å². The second-order valence-electron chi connectivity index (χ2n) is 7.04. The Bertz CT molecular complexity index is 759. The van der Waals surface area contributed by atoms with E-state index in [-0.39, 0.29) is 11.8 Å². The molecule has 0 spiro atoms. The minimum absolute atomic E-state index is 0.171. The van der Waals surface area contributed by atoms with Crippen LogP contribution in [0, 0.1) is 17.8 Å². The predicted molar refractivity (Wildman–Crippen MR) is 91.5 cm³/mol. The summed E-state index contributed by atoms with van der Waals surface area (Å²) >= 11 is 1.69. The minimum Gasteiger partial charge on any atom is -0.344 e. The van der Waals surface area contributed by atoms with Gasteiger partial charge in [-0.3, -0.25) is 9.20 Å². The smallest absolute Gasteiger partial charge is 0.224 e. The van der Waals surface area contributed by atoms with Gasteiger partial charge in [-0.1, -0.05) is 6.07 Å². The first-order valence-electron chi connectivity index (χ1n) is 8.06. The number of aromatic nitrogens is 2. The zero-order valence-electron chi connectivity index (χ0n) is 13.7. The Morgan fingerprint density at radius 2 is 2.13 bits per heavy atom. The summed E-state index contributed by atoms with van der Waals surface area (Å²) < 4.78 is 2.14. The second-order valence-corrected chi connectivity index (χ2v) is 7.86. The minimum atomic E-state index is -0.500. The second kappa shape index (κ2) is 5.24. The van der Waals surface area contributed by atoms with E-state index in [0.29, 0.717) is 11.8 Å². The Labute approximate surface area is 140 Å². The molecule has 1 saturated heterocycles. The van der Waals surface area contributed by atoms with E-state index in [4.69, 9.17) is 0 Å². The average molecular weight is 330 g/mol. The molecule has 2 unspecified atom stereocenters. The van der Waals surface area contributed by atoms with E-state index < -0.39 is 5.54 Å². The highest BCUT2D eigenvalue weighted by Crippen LogP contribution is 2.49. The number of fused-ring (bicyclic) bond motifs is 2. The van der Waals surface area contributed by atoms with Gasteiger partial charge >= 0.3 is 0 Å². The maximum Gasteiger partial charge on any atom is 0.224 e. The number of pyridine rings is 1. The number of nitrogens with zero attached hydrogens (tertiary/aromatic N) is 2. The molecule has 122 valence electrons. The molecule has 4 rings (SSSR count). The molecule has 5 nitrogen and oxygen atoms in total. The van der Waals surface area contributed by atoms with E-state index in [1.165, 1.54) is 0 Å². The van der Waals surface area contributed by atoms with Gasteiger partial charge in [-0.2, -0.15) is 0 Å². The van der Waals surface area contributed by atoms with Crippen LogP contribution in [0.1, 0.15) is 19.7 Å². The molecule has 1 amide bonds. The molecule has 2 aliphatic rings. The summed E-state index contributed by atoms with van der Waals surface area (Å²) in [5.74, 6) is 2.30. The molecule has 23 heavy (non-hydrogen) atoms. The zero-order valence-corrected chi connectivity index (χ0v) is 14.5. The number of hydrogen-bond acceptors (Lipinski definition) is 4. The quantitative estimate of drug-likeness (QED) is 0.841. The molecule has 2 fully saturated rings. The Morgan fingerprint density at radius 1 is 1.39 bits per heavy atom. The van der Waals surface area contributed by atoms with Crippen LogP contribution in [0.15, 0.2) is 29.4 Å². The average Bonchev–Trinajstić information content (AvgIpc) is 2.91. The SMILES string of the molecule is CSc1cccc2cnc(C(C)(C)NC(=O)C3C4CNC[C@@H]43)n12. The van der Waals surface area contributed by atoms with Crippen LogP contribution in [0.4, 0.5) is 0 Å². The molecule has 1 aliphatic carbocycles. The highest BCUT2D eigenvalue weighted by atomic mass is 32.2. The van der Waals surface area contributed by atoms with E-state index in [0.717, 1.165) is 29.5 Å². The summed E-state index contributed by atoms with van der Waals surface area (Å²) in [5.41, 5.74) is 0.557. The van der Waals surface area contributed by atoms with Gasteiger partial charge in [0.2, 0.25) is 5.91 Å². The molecular weight excluding hydrogens is 308 g/mol. The number of amides is 1. The van der Waals surface area contributed by atoms with Gasteiger partial charge in [0, 0.05) is 5.92 Å². The van der Waals surface area contributed by atoms with Crippen molar-refractivity contribution in [3.8, 4) is 0 Å². The molecule has 3 heterocycles. The highest BCUT2D eigenvalue weighted by Gasteiger charge is 2.57. The lowest BCUT2D eigenvalue weighted by Crippen LogP contribution is -2.44. The summed E-state index contributed by atoms with van der Waals surface area (Å²) in [6.07, 6.45) is 3.93. The molecule has 0 aromatic carbocycles. The summed E-state index contributed by atoms with van der Waals surface area (Å²) in [6.45, 7) is 6.03.